The van der Waals surface area contributed by atoms with E-state index >= 15 is 0 Å². The van der Waals surface area contributed by atoms with Crippen molar-refractivity contribution in [3.63, 3.8) is 0 Å². The molecule has 0 spiro atoms. The van der Waals surface area contributed by atoms with Gasteiger partial charge in [-0.1, -0.05) is 6.07 Å². The fourth-order valence-corrected chi connectivity index (χ4v) is 2.06. The van der Waals surface area contributed by atoms with Crippen LogP contribution in [0.2, 0.25) is 0 Å². The normalized spacial score (nSPS) is 10.5. The third-order valence-corrected chi connectivity index (χ3v) is 3.07. The van der Waals surface area contributed by atoms with Crippen molar-refractivity contribution in [2.45, 2.75) is 26.9 Å². The van der Waals surface area contributed by atoms with Crippen molar-refractivity contribution in [3.05, 3.63) is 53.1 Å². The van der Waals surface area contributed by atoms with Crippen LogP contribution in [0.4, 0.5) is 0 Å². The summed E-state index contributed by atoms with van der Waals surface area (Å²) in [4.78, 5) is 8.73. The maximum atomic E-state index is 5.40. The van der Waals surface area contributed by atoms with Gasteiger partial charge in [0, 0.05) is 36.6 Å². The summed E-state index contributed by atoms with van der Waals surface area (Å²) in [5.74, 6) is 0.921. The molecule has 2 aromatic rings. The number of aryl methyl sites for hydroxylation is 1. The van der Waals surface area contributed by atoms with Crippen LogP contribution in [0.25, 0.3) is 0 Å². The van der Waals surface area contributed by atoms with Gasteiger partial charge < -0.3 is 10.1 Å². The monoisotopic (exact) mass is 257 g/mol. The second-order valence-corrected chi connectivity index (χ2v) is 4.47. The molecule has 0 atom stereocenters. The lowest BCUT2D eigenvalue weighted by Gasteiger charge is -2.12. The number of aromatic nitrogens is 2. The van der Waals surface area contributed by atoms with Gasteiger partial charge in [-0.25, -0.2) is 0 Å². The number of hydrogen-bond acceptors (Lipinski definition) is 4. The molecule has 0 aliphatic rings. The van der Waals surface area contributed by atoms with Gasteiger partial charge in [0.1, 0.15) is 5.75 Å². The maximum Gasteiger partial charge on any atom is 0.128 e. The van der Waals surface area contributed by atoms with Crippen LogP contribution in [0.5, 0.6) is 5.75 Å². The SMILES string of the molecule is COc1c(C)cnc(CNCc2ccccn2)c1C. The number of pyridine rings is 2. The lowest BCUT2D eigenvalue weighted by molar-refractivity contribution is 0.406. The first-order valence-electron chi connectivity index (χ1n) is 6.32. The van der Waals surface area contributed by atoms with E-state index < -0.39 is 0 Å². The van der Waals surface area contributed by atoms with E-state index in [1.165, 1.54) is 0 Å². The minimum atomic E-state index is 0.707. The Bertz CT molecular complexity index is 541. The fourth-order valence-electron chi connectivity index (χ4n) is 2.06. The molecule has 19 heavy (non-hydrogen) atoms. The molecule has 0 fully saturated rings. The van der Waals surface area contributed by atoms with Crippen LogP contribution in [0, 0.1) is 13.8 Å². The van der Waals surface area contributed by atoms with Crippen molar-refractivity contribution in [1.29, 1.82) is 0 Å². The Labute approximate surface area is 113 Å². The minimum absolute atomic E-state index is 0.707. The molecule has 100 valence electrons. The largest absolute Gasteiger partial charge is 0.496 e. The van der Waals surface area contributed by atoms with E-state index in [1.54, 1.807) is 13.3 Å². The van der Waals surface area contributed by atoms with Crippen LogP contribution in [-0.2, 0) is 13.1 Å². The number of rotatable bonds is 5. The summed E-state index contributed by atoms with van der Waals surface area (Å²) in [7, 11) is 1.69. The highest BCUT2D eigenvalue weighted by molar-refractivity contribution is 5.40. The lowest BCUT2D eigenvalue weighted by Crippen LogP contribution is -2.16. The summed E-state index contributed by atoms with van der Waals surface area (Å²) in [5, 5.41) is 3.35. The molecule has 0 amide bonds. The molecule has 0 saturated heterocycles. The van der Waals surface area contributed by atoms with Gasteiger partial charge in [-0.3, -0.25) is 9.97 Å². The molecule has 0 bridgehead atoms. The predicted octanol–water partition coefficient (Wildman–Crippen LogP) is 2.39. The van der Waals surface area contributed by atoms with Gasteiger partial charge in [0.05, 0.1) is 18.5 Å². The Morgan fingerprint density at radius 3 is 2.68 bits per heavy atom. The lowest BCUT2D eigenvalue weighted by atomic mass is 10.1. The van der Waals surface area contributed by atoms with E-state index in [9.17, 15) is 0 Å². The third kappa shape index (κ3) is 3.29. The molecule has 0 aliphatic heterocycles. The minimum Gasteiger partial charge on any atom is -0.496 e. The highest BCUT2D eigenvalue weighted by Gasteiger charge is 2.08. The van der Waals surface area contributed by atoms with Gasteiger partial charge in [0.15, 0.2) is 0 Å². The summed E-state index contributed by atoms with van der Waals surface area (Å²) in [5.41, 5.74) is 4.20. The van der Waals surface area contributed by atoms with Crippen LogP contribution in [-0.4, -0.2) is 17.1 Å². The number of methoxy groups -OCH3 is 1. The van der Waals surface area contributed by atoms with Crippen molar-refractivity contribution >= 4 is 0 Å². The van der Waals surface area contributed by atoms with Crippen molar-refractivity contribution in [1.82, 2.24) is 15.3 Å². The molecule has 2 rings (SSSR count). The molecular formula is C15H19N3O. The Hall–Kier alpha value is -1.94. The van der Waals surface area contributed by atoms with E-state index in [0.717, 1.165) is 34.8 Å². The van der Waals surface area contributed by atoms with Gasteiger partial charge in [-0.2, -0.15) is 0 Å². The zero-order valence-electron chi connectivity index (χ0n) is 11.6. The average Bonchev–Trinajstić information content (AvgIpc) is 2.43. The van der Waals surface area contributed by atoms with E-state index in [4.69, 9.17) is 4.74 Å². The Kier molecular flexibility index (Phi) is 4.47. The molecule has 2 heterocycles. The highest BCUT2D eigenvalue weighted by atomic mass is 16.5. The Morgan fingerprint density at radius 1 is 1.16 bits per heavy atom. The third-order valence-electron chi connectivity index (χ3n) is 3.07. The van der Waals surface area contributed by atoms with Gasteiger partial charge in [-0.05, 0) is 26.0 Å². The van der Waals surface area contributed by atoms with Gasteiger partial charge >= 0.3 is 0 Å². The Balaban J connectivity index is 2.00. The first-order valence-corrected chi connectivity index (χ1v) is 6.32. The van der Waals surface area contributed by atoms with Crippen LogP contribution < -0.4 is 10.1 Å². The molecule has 0 radical (unpaired) electrons. The molecule has 1 N–H and O–H groups in total. The average molecular weight is 257 g/mol. The molecule has 4 heteroatoms. The second kappa shape index (κ2) is 6.29. The molecule has 2 aromatic heterocycles. The van der Waals surface area contributed by atoms with Crippen molar-refractivity contribution in [2.75, 3.05) is 7.11 Å². The topological polar surface area (TPSA) is 47.0 Å². The quantitative estimate of drug-likeness (QED) is 0.893. The van der Waals surface area contributed by atoms with Crippen LogP contribution in [0.15, 0.2) is 30.6 Å². The first-order chi connectivity index (χ1) is 9.22. The second-order valence-electron chi connectivity index (χ2n) is 4.47. The summed E-state index contributed by atoms with van der Waals surface area (Å²) in [6.07, 6.45) is 3.65. The summed E-state index contributed by atoms with van der Waals surface area (Å²) >= 11 is 0. The van der Waals surface area contributed by atoms with E-state index in [2.05, 4.69) is 15.3 Å². The molecule has 4 nitrogen and oxygen atoms in total. The number of hydrogen-bond donors (Lipinski definition) is 1. The maximum absolute atomic E-state index is 5.40. The van der Waals surface area contributed by atoms with E-state index in [-0.39, 0.29) is 0 Å². The summed E-state index contributed by atoms with van der Waals surface area (Å²) in [6.45, 7) is 5.48. The van der Waals surface area contributed by atoms with Gasteiger partial charge in [0.25, 0.3) is 0 Å². The summed E-state index contributed by atoms with van der Waals surface area (Å²) in [6, 6.07) is 5.91. The molecule has 0 saturated carbocycles. The van der Waals surface area contributed by atoms with Crippen LogP contribution in [0.3, 0.4) is 0 Å². The van der Waals surface area contributed by atoms with Crippen molar-refractivity contribution in [3.8, 4) is 5.75 Å². The number of ether oxygens (including phenoxy) is 1. The summed E-state index contributed by atoms with van der Waals surface area (Å²) < 4.78 is 5.40. The number of nitrogens with one attached hydrogen (secondary N) is 1. The van der Waals surface area contributed by atoms with Crippen molar-refractivity contribution in [2.24, 2.45) is 0 Å². The highest BCUT2D eigenvalue weighted by Crippen LogP contribution is 2.23. The smallest absolute Gasteiger partial charge is 0.128 e. The Morgan fingerprint density at radius 2 is 2.00 bits per heavy atom. The predicted molar refractivity (Wildman–Crippen MR) is 75.0 cm³/mol. The van der Waals surface area contributed by atoms with E-state index in [1.807, 2.05) is 38.2 Å². The first kappa shape index (κ1) is 13.5. The standard InChI is InChI=1S/C15H19N3O/c1-11-8-18-14(12(2)15(11)19-3)10-16-9-13-6-4-5-7-17-13/h4-8,16H,9-10H2,1-3H3. The fraction of sp³-hybridized carbons (Fsp3) is 0.333. The van der Waals surface area contributed by atoms with Gasteiger partial charge in [-0.15, -0.1) is 0 Å². The molecular weight excluding hydrogens is 238 g/mol. The number of nitrogens with zero attached hydrogens (tertiary/aromatic N) is 2. The van der Waals surface area contributed by atoms with Crippen LogP contribution >= 0.6 is 0 Å². The molecule has 0 aromatic carbocycles. The van der Waals surface area contributed by atoms with E-state index in [0.29, 0.717) is 6.54 Å². The van der Waals surface area contributed by atoms with Crippen molar-refractivity contribution < 1.29 is 4.74 Å². The zero-order valence-corrected chi connectivity index (χ0v) is 11.6. The molecule has 0 aliphatic carbocycles. The molecule has 0 unspecified atom stereocenters. The zero-order chi connectivity index (χ0) is 13.7. The van der Waals surface area contributed by atoms with Crippen LogP contribution in [0.1, 0.15) is 22.5 Å². The van der Waals surface area contributed by atoms with Gasteiger partial charge in [0.2, 0.25) is 0 Å².